The largest absolute Gasteiger partial charge is 0.381 e. The molecule has 0 radical (unpaired) electrons. The Kier molecular flexibility index (Phi) is 9.32. The predicted molar refractivity (Wildman–Crippen MR) is 160 cm³/mol. The zero-order valence-electron chi connectivity index (χ0n) is 25.0. The number of imide groups is 3. The number of carbonyl (C=O) groups excluding carboxylic acids is 5. The molecule has 11 nitrogen and oxygen atoms in total. The average molecular weight is 623 g/mol. The second-order valence-electron chi connectivity index (χ2n) is 11.9. The van der Waals surface area contributed by atoms with Gasteiger partial charge in [0.15, 0.2) is 0 Å². The van der Waals surface area contributed by atoms with Crippen molar-refractivity contribution in [1.82, 2.24) is 19.6 Å². The van der Waals surface area contributed by atoms with E-state index in [1.54, 1.807) is 11.9 Å². The molecule has 0 aromatic rings. The summed E-state index contributed by atoms with van der Waals surface area (Å²) in [5.41, 5.74) is -0.827. The molecule has 0 aromatic carbocycles. The quantitative estimate of drug-likeness (QED) is 0.148. The third-order valence-corrected chi connectivity index (χ3v) is 11.6. The van der Waals surface area contributed by atoms with Crippen molar-refractivity contribution in [2.75, 3.05) is 58.1 Å². The number of thioether (sulfide) groups is 2. The van der Waals surface area contributed by atoms with Gasteiger partial charge in [-0.15, -0.1) is 23.5 Å². The van der Waals surface area contributed by atoms with Crippen molar-refractivity contribution in [1.29, 1.82) is 0 Å². The van der Waals surface area contributed by atoms with Crippen molar-refractivity contribution in [3.63, 3.8) is 0 Å². The van der Waals surface area contributed by atoms with Crippen LogP contribution >= 0.6 is 23.5 Å². The maximum atomic E-state index is 13.9. The van der Waals surface area contributed by atoms with Gasteiger partial charge in [-0.25, -0.2) is 9.59 Å². The van der Waals surface area contributed by atoms with Gasteiger partial charge in [0.1, 0.15) is 11.1 Å². The summed E-state index contributed by atoms with van der Waals surface area (Å²) in [6.07, 6.45) is 3.89. The summed E-state index contributed by atoms with van der Waals surface area (Å²) in [4.78, 5) is 72.9. The molecule has 13 heteroatoms. The van der Waals surface area contributed by atoms with E-state index < -0.39 is 23.4 Å². The van der Waals surface area contributed by atoms with Crippen LogP contribution in [-0.4, -0.2) is 119 Å². The first-order chi connectivity index (χ1) is 20.1. The van der Waals surface area contributed by atoms with Gasteiger partial charge in [0.25, 0.3) is 17.7 Å². The minimum Gasteiger partial charge on any atom is -0.381 e. The van der Waals surface area contributed by atoms with Gasteiger partial charge in [-0.2, -0.15) is 0 Å². The van der Waals surface area contributed by atoms with Gasteiger partial charge in [-0.3, -0.25) is 29.1 Å². The van der Waals surface area contributed by atoms with E-state index in [1.807, 2.05) is 20.8 Å². The van der Waals surface area contributed by atoms with E-state index in [4.69, 9.17) is 9.47 Å². The lowest BCUT2D eigenvalue weighted by Gasteiger charge is -2.59. The fraction of sp³-hybridized carbons (Fsp3) is 0.759. The van der Waals surface area contributed by atoms with Crippen molar-refractivity contribution >= 4 is 53.3 Å². The molecule has 2 saturated carbocycles. The number of ether oxygens (including phenoxy) is 2. The highest BCUT2D eigenvalue weighted by Gasteiger charge is 2.68. The zero-order valence-corrected chi connectivity index (χ0v) is 26.7. The van der Waals surface area contributed by atoms with Crippen molar-refractivity contribution in [3.05, 3.63) is 9.81 Å². The first kappa shape index (κ1) is 31.3. The number of hydrogen-bond donors (Lipinski definition) is 0. The third-order valence-electron chi connectivity index (χ3n) is 9.35. The monoisotopic (exact) mass is 622 g/mol. The van der Waals surface area contributed by atoms with Crippen LogP contribution in [0.4, 0.5) is 9.59 Å². The highest BCUT2D eigenvalue weighted by Crippen LogP contribution is 2.61. The highest BCUT2D eigenvalue weighted by molar-refractivity contribution is 8.22. The lowest BCUT2D eigenvalue weighted by molar-refractivity contribution is -0.153. The van der Waals surface area contributed by atoms with Gasteiger partial charge in [-0.1, -0.05) is 13.8 Å². The van der Waals surface area contributed by atoms with Crippen LogP contribution in [0.3, 0.4) is 0 Å². The number of rotatable bonds is 11. The molecule has 2 spiro atoms. The molecule has 0 aromatic heterocycles. The minimum atomic E-state index is -0.799. The molecule has 0 unspecified atom stereocenters. The standard InChI is InChI=1S/C29H42N4O7S2/c1-5-39-13-12-31-22(34)21(24(41-6-2)42-7-3)23(35)33(27(31)38)20-8-10-28(11-9-20)17-29(18-28)25(36)30(4)26(37)32(29)14-19-15-40-16-19/h19-20H,5-18H2,1-4H3. The van der Waals surface area contributed by atoms with E-state index in [0.29, 0.717) is 67.8 Å². The van der Waals surface area contributed by atoms with E-state index >= 15 is 0 Å². The normalized spacial score (nSPS) is 30.2. The van der Waals surface area contributed by atoms with E-state index in [-0.39, 0.29) is 48.0 Å². The Hall–Kier alpha value is -2.09. The van der Waals surface area contributed by atoms with Crippen LogP contribution in [0.25, 0.3) is 0 Å². The molecule has 5 aliphatic rings. The topological polar surface area (TPSA) is 117 Å². The van der Waals surface area contributed by atoms with E-state index in [0.717, 1.165) is 12.8 Å². The molecule has 5 fully saturated rings. The number of hydrogen-bond acceptors (Lipinski definition) is 9. The molecule has 232 valence electrons. The summed E-state index contributed by atoms with van der Waals surface area (Å²) in [5, 5.41) is 0. The summed E-state index contributed by atoms with van der Waals surface area (Å²) in [7, 11) is 1.56. The first-order valence-electron chi connectivity index (χ1n) is 15.1. The molecule has 3 heterocycles. The predicted octanol–water partition coefficient (Wildman–Crippen LogP) is 3.53. The van der Waals surface area contributed by atoms with Crippen molar-refractivity contribution in [2.24, 2.45) is 11.3 Å². The summed E-state index contributed by atoms with van der Waals surface area (Å²) < 4.78 is 11.4. The lowest BCUT2D eigenvalue weighted by Crippen LogP contribution is -2.66. The first-order valence-corrected chi connectivity index (χ1v) is 17.0. The second-order valence-corrected chi connectivity index (χ2v) is 14.7. The van der Waals surface area contributed by atoms with Gasteiger partial charge in [0, 0.05) is 32.2 Å². The molecule has 7 amide bonds. The van der Waals surface area contributed by atoms with Crippen LogP contribution in [0.2, 0.25) is 0 Å². The van der Waals surface area contributed by atoms with Gasteiger partial charge in [0.2, 0.25) is 0 Å². The van der Waals surface area contributed by atoms with Crippen molar-refractivity contribution in [3.8, 4) is 0 Å². The molecule has 0 bridgehead atoms. The number of barbiturate groups is 1. The summed E-state index contributed by atoms with van der Waals surface area (Å²) in [5.74, 6) is 0.479. The van der Waals surface area contributed by atoms with Crippen LogP contribution in [0, 0.1) is 11.3 Å². The molecule has 42 heavy (non-hydrogen) atoms. The van der Waals surface area contributed by atoms with Gasteiger partial charge < -0.3 is 14.4 Å². The summed E-state index contributed by atoms with van der Waals surface area (Å²) in [6.45, 7) is 8.31. The second kappa shape index (κ2) is 12.5. The molecular weight excluding hydrogens is 580 g/mol. The van der Waals surface area contributed by atoms with E-state index in [9.17, 15) is 24.0 Å². The Morgan fingerprint density at radius 1 is 0.952 bits per heavy atom. The Morgan fingerprint density at radius 2 is 1.60 bits per heavy atom. The molecule has 0 atom stereocenters. The average Bonchev–Trinajstić information content (AvgIpc) is 3.09. The van der Waals surface area contributed by atoms with Gasteiger partial charge in [-0.05, 0) is 62.4 Å². The maximum Gasteiger partial charge on any atom is 0.334 e. The molecule has 0 N–H and O–H groups in total. The Bertz CT molecular complexity index is 1150. The van der Waals surface area contributed by atoms with Crippen LogP contribution in [-0.2, 0) is 23.9 Å². The minimum absolute atomic E-state index is 0.0846. The fourth-order valence-electron chi connectivity index (χ4n) is 7.23. The van der Waals surface area contributed by atoms with Crippen molar-refractivity contribution in [2.45, 2.75) is 70.9 Å². The molecule has 5 rings (SSSR count). The fourth-order valence-corrected chi connectivity index (χ4v) is 9.43. The Morgan fingerprint density at radius 3 is 2.14 bits per heavy atom. The lowest BCUT2D eigenvalue weighted by atomic mass is 9.51. The van der Waals surface area contributed by atoms with Crippen LogP contribution in [0.5, 0.6) is 0 Å². The third kappa shape index (κ3) is 5.28. The van der Waals surface area contributed by atoms with Crippen LogP contribution in [0.15, 0.2) is 9.81 Å². The zero-order chi connectivity index (χ0) is 30.2. The summed E-state index contributed by atoms with van der Waals surface area (Å²) in [6, 6.07) is -1.15. The van der Waals surface area contributed by atoms with E-state index in [1.165, 1.54) is 38.2 Å². The Balaban J connectivity index is 1.33. The smallest absolute Gasteiger partial charge is 0.334 e. The van der Waals surface area contributed by atoms with Crippen LogP contribution in [0.1, 0.15) is 59.3 Å². The Labute approximate surface area is 256 Å². The molecule has 3 aliphatic heterocycles. The number of carbonyl (C=O) groups is 5. The summed E-state index contributed by atoms with van der Waals surface area (Å²) >= 11 is 2.92. The highest BCUT2D eigenvalue weighted by atomic mass is 32.2. The maximum absolute atomic E-state index is 13.9. The van der Waals surface area contributed by atoms with Crippen molar-refractivity contribution < 1.29 is 33.4 Å². The number of nitrogens with zero attached hydrogens (tertiary/aromatic N) is 4. The SMILES string of the molecule is CCOCCN1C(=O)C(=C(SCC)SCC)C(=O)N(C2CCC3(CC2)CC2(C3)C(=O)N(C)C(=O)N2CC2COC2)C1=O. The van der Waals surface area contributed by atoms with E-state index in [2.05, 4.69) is 0 Å². The molecule has 2 aliphatic carbocycles. The molecular formula is C29H42N4O7S2. The number of likely N-dealkylation sites (N-methyl/N-ethyl adjacent to an activating group) is 1. The number of amides is 7. The van der Waals surface area contributed by atoms with Gasteiger partial charge in [0.05, 0.1) is 30.6 Å². The van der Waals surface area contributed by atoms with Gasteiger partial charge >= 0.3 is 12.1 Å². The van der Waals surface area contributed by atoms with Crippen LogP contribution < -0.4 is 0 Å². The molecule has 3 saturated heterocycles. The number of urea groups is 2.